The molecule has 3 rings (SSSR count). The minimum atomic E-state index is 0.307. The molecule has 4 heteroatoms. The Morgan fingerprint density at radius 2 is 2.00 bits per heavy atom. The Bertz CT molecular complexity index is 643. The average molecular weight is 257 g/mol. The molecular formula is C15H19N3O. The van der Waals surface area contributed by atoms with Crippen LogP contribution in [-0.2, 0) is 0 Å². The van der Waals surface area contributed by atoms with Crippen LogP contribution in [0.3, 0.4) is 0 Å². The predicted molar refractivity (Wildman–Crippen MR) is 74.8 cm³/mol. The van der Waals surface area contributed by atoms with Crippen LogP contribution in [0.2, 0.25) is 0 Å². The molecule has 2 aromatic rings. The van der Waals surface area contributed by atoms with Crippen LogP contribution in [0, 0.1) is 19.3 Å². The largest absolute Gasteiger partial charge is 0.399 e. The number of rotatable bonds is 2. The number of aromatic nitrogens is 2. The SMILES string of the molecule is Cc1cc(N)cc(-c2nc(C3CC3(C)C)no2)c1C. The monoisotopic (exact) mass is 257 g/mol. The Morgan fingerprint density at radius 3 is 2.63 bits per heavy atom. The number of benzene rings is 1. The van der Waals surface area contributed by atoms with Crippen LogP contribution in [0.5, 0.6) is 0 Å². The lowest BCUT2D eigenvalue weighted by Gasteiger charge is -2.06. The first-order valence-corrected chi connectivity index (χ1v) is 6.59. The van der Waals surface area contributed by atoms with Crippen molar-refractivity contribution in [2.24, 2.45) is 5.41 Å². The second-order valence-electron chi connectivity index (χ2n) is 6.21. The third kappa shape index (κ3) is 2.01. The van der Waals surface area contributed by atoms with Gasteiger partial charge >= 0.3 is 0 Å². The molecule has 1 fully saturated rings. The van der Waals surface area contributed by atoms with E-state index in [9.17, 15) is 0 Å². The van der Waals surface area contributed by atoms with Gasteiger partial charge in [-0.2, -0.15) is 4.98 Å². The highest BCUT2D eigenvalue weighted by molar-refractivity contribution is 5.66. The maximum Gasteiger partial charge on any atom is 0.258 e. The fraction of sp³-hybridized carbons (Fsp3) is 0.467. The third-order valence-electron chi connectivity index (χ3n) is 4.19. The zero-order chi connectivity index (χ0) is 13.8. The van der Waals surface area contributed by atoms with Crippen molar-refractivity contribution in [3.8, 4) is 11.5 Å². The molecule has 1 heterocycles. The smallest absolute Gasteiger partial charge is 0.258 e. The lowest BCUT2D eigenvalue weighted by Crippen LogP contribution is -1.94. The topological polar surface area (TPSA) is 64.9 Å². The van der Waals surface area contributed by atoms with E-state index >= 15 is 0 Å². The van der Waals surface area contributed by atoms with Crippen molar-refractivity contribution in [1.29, 1.82) is 0 Å². The summed E-state index contributed by atoms with van der Waals surface area (Å²) in [7, 11) is 0. The summed E-state index contributed by atoms with van der Waals surface area (Å²) in [6, 6.07) is 3.86. The molecule has 4 nitrogen and oxygen atoms in total. The number of hydrogen-bond donors (Lipinski definition) is 1. The molecule has 1 aromatic carbocycles. The van der Waals surface area contributed by atoms with Crippen molar-refractivity contribution in [2.45, 2.75) is 40.0 Å². The zero-order valence-corrected chi connectivity index (χ0v) is 11.8. The number of nitrogen functional groups attached to an aromatic ring is 1. The normalized spacial score (nSPS) is 20.5. The van der Waals surface area contributed by atoms with E-state index in [0.29, 0.717) is 17.2 Å². The summed E-state index contributed by atoms with van der Waals surface area (Å²) >= 11 is 0. The van der Waals surface area contributed by atoms with Gasteiger partial charge in [-0.1, -0.05) is 19.0 Å². The van der Waals surface area contributed by atoms with Gasteiger partial charge in [0, 0.05) is 17.2 Å². The highest BCUT2D eigenvalue weighted by Gasteiger charge is 2.49. The molecule has 0 aliphatic heterocycles. The van der Waals surface area contributed by atoms with E-state index in [-0.39, 0.29) is 0 Å². The Hall–Kier alpha value is -1.84. The van der Waals surface area contributed by atoms with Crippen molar-refractivity contribution in [1.82, 2.24) is 10.1 Å². The van der Waals surface area contributed by atoms with Crippen molar-refractivity contribution >= 4 is 5.69 Å². The van der Waals surface area contributed by atoms with Crippen LogP contribution in [-0.4, -0.2) is 10.1 Å². The highest BCUT2D eigenvalue weighted by atomic mass is 16.5. The molecule has 100 valence electrons. The Labute approximate surface area is 113 Å². The van der Waals surface area contributed by atoms with Crippen LogP contribution >= 0.6 is 0 Å². The molecule has 19 heavy (non-hydrogen) atoms. The molecule has 1 aromatic heterocycles. The van der Waals surface area contributed by atoms with E-state index in [1.807, 2.05) is 19.1 Å². The van der Waals surface area contributed by atoms with Crippen molar-refractivity contribution < 1.29 is 4.52 Å². The van der Waals surface area contributed by atoms with E-state index < -0.39 is 0 Å². The number of aryl methyl sites for hydroxylation is 1. The second kappa shape index (κ2) is 3.83. The molecule has 0 bridgehead atoms. The minimum Gasteiger partial charge on any atom is -0.399 e. The Kier molecular flexibility index (Phi) is 2.46. The van der Waals surface area contributed by atoms with Gasteiger partial charge in [0.05, 0.1) is 0 Å². The molecule has 0 radical (unpaired) electrons. The van der Waals surface area contributed by atoms with Crippen LogP contribution < -0.4 is 5.73 Å². The Morgan fingerprint density at radius 1 is 1.32 bits per heavy atom. The third-order valence-corrected chi connectivity index (χ3v) is 4.19. The van der Waals surface area contributed by atoms with E-state index in [1.54, 1.807) is 0 Å². The molecule has 1 unspecified atom stereocenters. The summed E-state index contributed by atoms with van der Waals surface area (Å²) in [4.78, 5) is 4.55. The molecule has 1 aliphatic rings. The summed E-state index contributed by atoms with van der Waals surface area (Å²) in [6.07, 6.45) is 1.13. The maximum absolute atomic E-state index is 5.90. The molecule has 0 saturated heterocycles. The summed E-state index contributed by atoms with van der Waals surface area (Å²) in [5.74, 6) is 1.82. The predicted octanol–water partition coefficient (Wildman–Crippen LogP) is 3.45. The fourth-order valence-corrected chi connectivity index (χ4v) is 2.50. The van der Waals surface area contributed by atoms with Crippen molar-refractivity contribution in [3.63, 3.8) is 0 Å². The highest BCUT2D eigenvalue weighted by Crippen LogP contribution is 2.57. The number of nitrogens with zero attached hydrogens (tertiary/aromatic N) is 2. The second-order valence-corrected chi connectivity index (χ2v) is 6.21. The van der Waals surface area contributed by atoms with Gasteiger partial charge in [-0.3, -0.25) is 0 Å². The number of anilines is 1. The van der Waals surface area contributed by atoms with E-state index in [4.69, 9.17) is 10.3 Å². The molecular weight excluding hydrogens is 238 g/mol. The van der Waals surface area contributed by atoms with Gasteiger partial charge in [-0.25, -0.2) is 0 Å². The number of hydrogen-bond acceptors (Lipinski definition) is 4. The van der Waals surface area contributed by atoms with Gasteiger partial charge in [0.25, 0.3) is 5.89 Å². The van der Waals surface area contributed by atoms with E-state index in [2.05, 4.69) is 30.9 Å². The molecule has 1 atom stereocenters. The van der Waals surface area contributed by atoms with Crippen LogP contribution in [0.25, 0.3) is 11.5 Å². The first kappa shape index (κ1) is 12.2. The van der Waals surface area contributed by atoms with Crippen LogP contribution in [0.1, 0.15) is 43.1 Å². The van der Waals surface area contributed by atoms with Gasteiger partial charge in [0.15, 0.2) is 5.82 Å². The van der Waals surface area contributed by atoms with Gasteiger partial charge in [-0.05, 0) is 48.9 Å². The fourth-order valence-electron chi connectivity index (χ4n) is 2.50. The van der Waals surface area contributed by atoms with E-state index in [1.165, 1.54) is 0 Å². The maximum atomic E-state index is 5.90. The Balaban J connectivity index is 2.00. The summed E-state index contributed by atoms with van der Waals surface area (Å²) in [5.41, 5.74) is 10.1. The minimum absolute atomic E-state index is 0.307. The lowest BCUT2D eigenvalue weighted by molar-refractivity contribution is 0.419. The molecule has 1 saturated carbocycles. The van der Waals surface area contributed by atoms with Gasteiger partial charge in [0.1, 0.15) is 0 Å². The summed E-state index contributed by atoms with van der Waals surface area (Å²) < 4.78 is 5.42. The van der Waals surface area contributed by atoms with E-state index in [0.717, 1.165) is 34.6 Å². The van der Waals surface area contributed by atoms with Crippen molar-refractivity contribution in [3.05, 3.63) is 29.1 Å². The van der Waals surface area contributed by atoms with Gasteiger partial charge in [0.2, 0.25) is 0 Å². The van der Waals surface area contributed by atoms with Crippen LogP contribution in [0.4, 0.5) is 5.69 Å². The molecule has 1 aliphatic carbocycles. The number of nitrogens with two attached hydrogens (primary N) is 1. The first-order valence-electron chi connectivity index (χ1n) is 6.59. The lowest BCUT2D eigenvalue weighted by atomic mass is 10.0. The quantitative estimate of drug-likeness (QED) is 0.837. The first-order chi connectivity index (χ1) is 8.88. The standard InChI is InChI=1S/C15H19N3O/c1-8-5-10(16)6-11(9(8)2)14-17-13(18-19-14)12-7-15(12,3)4/h5-6,12H,7,16H2,1-4H3. The van der Waals surface area contributed by atoms with Crippen LogP contribution in [0.15, 0.2) is 16.7 Å². The van der Waals surface area contributed by atoms with Crippen molar-refractivity contribution in [2.75, 3.05) is 5.73 Å². The summed E-state index contributed by atoms with van der Waals surface area (Å²) in [6.45, 7) is 8.54. The summed E-state index contributed by atoms with van der Waals surface area (Å²) in [5, 5.41) is 4.12. The molecule has 0 amide bonds. The molecule has 0 spiro atoms. The molecule has 2 N–H and O–H groups in total. The van der Waals surface area contributed by atoms with Gasteiger partial charge < -0.3 is 10.3 Å². The zero-order valence-electron chi connectivity index (χ0n) is 11.8. The van der Waals surface area contributed by atoms with Gasteiger partial charge in [-0.15, -0.1) is 0 Å². The average Bonchev–Trinajstić information content (AvgIpc) is 2.77.